The topological polar surface area (TPSA) is 53.3 Å². The number of nitrogens with zero attached hydrogens (tertiary/aromatic N) is 2. The summed E-state index contributed by atoms with van der Waals surface area (Å²) in [5.74, 6) is 1.94. The number of carbonyl (C=O) groups excluding carboxylic acids is 1. The highest BCUT2D eigenvalue weighted by Crippen LogP contribution is 2.38. The zero-order valence-corrected chi connectivity index (χ0v) is 13.7. The molecule has 4 nitrogen and oxygen atoms in total. The number of hydrogen-bond donors (Lipinski definition) is 0. The number of benzene rings is 1. The van der Waals surface area contributed by atoms with Crippen LogP contribution in [0.3, 0.4) is 0 Å². The van der Waals surface area contributed by atoms with E-state index in [-0.39, 0.29) is 17.9 Å². The first-order valence-electron chi connectivity index (χ1n) is 8.59. The van der Waals surface area contributed by atoms with E-state index in [1.807, 2.05) is 23.1 Å². The molecule has 0 saturated heterocycles. The smallest absolute Gasteiger partial charge is 0.223 e. The zero-order chi connectivity index (χ0) is 16.2. The monoisotopic (exact) mass is 312 g/mol. The van der Waals surface area contributed by atoms with E-state index in [9.17, 15) is 4.79 Å². The van der Waals surface area contributed by atoms with Gasteiger partial charge >= 0.3 is 0 Å². The summed E-state index contributed by atoms with van der Waals surface area (Å²) < 4.78 is 5.69. The maximum absolute atomic E-state index is 12.9. The molecular formula is C19H24N2O2. The molecule has 4 heteroatoms. The number of fused-ring (bicyclic) bond motifs is 1. The summed E-state index contributed by atoms with van der Waals surface area (Å²) >= 11 is 0. The summed E-state index contributed by atoms with van der Waals surface area (Å²) in [7, 11) is 0. The Morgan fingerprint density at radius 2 is 2.17 bits per heavy atom. The van der Waals surface area contributed by atoms with Gasteiger partial charge in [0.05, 0.1) is 19.1 Å². The van der Waals surface area contributed by atoms with Crippen LogP contribution in [0.15, 0.2) is 24.3 Å². The summed E-state index contributed by atoms with van der Waals surface area (Å²) in [5.41, 5.74) is 1.14. The minimum absolute atomic E-state index is 0.182. The van der Waals surface area contributed by atoms with E-state index in [2.05, 4.69) is 19.1 Å². The Kier molecular flexibility index (Phi) is 4.85. The summed E-state index contributed by atoms with van der Waals surface area (Å²) in [4.78, 5) is 14.8. The van der Waals surface area contributed by atoms with Gasteiger partial charge in [0.25, 0.3) is 0 Å². The van der Waals surface area contributed by atoms with Crippen molar-refractivity contribution in [1.82, 2.24) is 4.90 Å². The average Bonchev–Trinajstić information content (AvgIpc) is 3.40. The van der Waals surface area contributed by atoms with E-state index in [4.69, 9.17) is 10.00 Å². The van der Waals surface area contributed by atoms with Crippen molar-refractivity contribution in [3.05, 3.63) is 29.8 Å². The number of carbonyl (C=O) groups is 1. The Hall–Kier alpha value is -2.02. The van der Waals surface area contributed by atoms with Gasteiger partial charge in [-0.15, -0.1) is 0 Å². The molecule has 0 spiro atoms. The zero-order valence-electron chi connectivity index (χ0n) is 13.7. The first-order chi connectivity index (χ1) is 11.2. The molecule has 3 rings (SSSR count). The highest BCUT2D eigenvalue weighted by Gasteiger charge is 2.35. The summed E-state index contributed by atoms with van der Waals surface area (Å²) in [6, 6.07) is 10.4. The quantitative estimate of drug-likeness (QED) is 0.808. The Morgan fingerprint density at radius 1 is 1.39 bits per heavy atom. The minimum Gasteiger partial charge on any atom is -0.493 e. The Balaban J connectivity index is 1.70. The molecule has 2 aliphatic rings. The molecule has 1 aromatic carbocycles. The van der Waals surface area contributed by atoms with Gasteiger partial charge in [-0.25, -0.2) is 0 Å². The van der Waals surface area contributed by atoms with Crippen LogP contribution in [0.4, 0.5) is 0 Å². The Morgan fingerprint density at radius 3 is 2.91 bits per heavy atom. The van der Waals surface area contributed by atoms with Gasteiger partial charge in [0.15, 0.2) is 0 Å². The molecule has 0 aromatic heterocycles. The van der Waals surface area contributed by atoms with E-state index >= 15 is 0 Å². The second-order valence-electron chi connectivity index (χ2n) is 6.65. The van der Waals surface area contributed by atoms with E-state index in [1.54, 1.807) is 0 Å². The summed E-state index contributed by atoms with van der Waals surface area (Å²) in [6.45, 7) is 3.36. The van der Waals surface area contributed by atoms with Crippen LogP contribution < -0.4 is 4.74 Å². The second kappa shape index (κ2) is 7.04. The standard InChI is InChI=1S/C19H24N2O2/c1-14(15-7-8-15)21(11-4-10-20)19(22)13-16-9-12-23-18-6-3-2-5-17(16)18/h2-3,5-6,14-16H,4,7-9,11-13H2,1H3/t14-,16-/m1/s1. The largest absolute Gasteiger partial charge is 0.493 e. The van der Waals surface area contributed by atoms with E-state index in [0.717, 1.165) is 17.7 Å². The van der Waals surface area contributed by atoms with Crippen molar-refractivity contribution >= 4 is 5.91 Å². The molecule has 2 atom stereocenters. The lowest BCUT2D eigenvalue weighted by Gasteiger charge is -2.32. The highest BCUT2D eigenvalue weighted by atomic mass is 16.5. The summed E-state index contributed by atoms with van der Waals surface area (Å²) in [6.07, 6.45) is 4.22. The van der Waals surface area contributed by atoms with Crippen molar-refractivity contribution in [2.45, 2.75) is 51.0 Å². The normalized spacial score (nSPS) is 20.8. The fourth-order valence-electron chi connectivity index (χ4n) is 3.51. The molecule has 1 saturated carbocycles. The van der Waals surface area contributed by atoms with Crippen molar-refractivity contribution in [1.29, 1.82) is 5.26 Å². The van der Waals surface area contributed by atoms with E-state index < -0.39 is 0 Å². The summed E-state index contributed by atoms with van der Waals surface area (Å²) in [5, 5.41) is 8.88. The SMILES string of the molecule is C[C@H](C1CC1)N(CCC#N)C(=O)C[C@H]1CCOc2ccccc21. The third-order valence-corrected chi connectivity index (χ3v) is 5.08. The predicted octanol–water partition coefficient (Wildman–Crippen LogP) is 3.48. The van der Waals surface area contributed by atoms with Crippen LogP contribution in [0, 0.1) is 17.2 Å². The number of hydrogen-bond acceptors (Lipinski definition) is 3. The van der Waals surface area contributed by atoms with Gasteiger partial charge < -0.3 is 9.64 Å². The predicted molar refractivity (Wildman–Crippen MR) is 88.0 cm³/mol. The van der Waals surface area contributed by atoms with Crippen molar-refractivity contribution in [2.75, 3.05) is 13.2 Å². The first-order valence-corrected chi connectivity index (χ1v) is 8.59. The van der Waals surface area contributed by atoms with Crippen LogP contribution >= 0.6 is 0 Å². The van der Waals surface area contributed by atoms with Gasteiger partial charge in [0, 0.05) is 19.0 Å². The Labute approximate surface area is 138 Å². The molecule has 1 aliphatic carbocycles. The van der Waals surface area contributed by atoms with Gasteiger partial charge in [-0.3, -0.25) is 4.79 Å². The van der Waals surface area contributed by atoms with Crippen LogP contribution in [-0.4, -0.2) is 30.0 Å². The van der Waals surface area contributed by atoms with Gasteiger partial charge in [0.2, 0.25) is 5.91 Å². The fraction of sp³-hybridized carbons (Fsp3) is 0.579. The van der Waals surface area contributed by atoms with Crippen LogP contribution in [0.1, 0.15) is 50.5 Å². The molecule has 1 amide bonds. The third kappa shape index (κ3) is 3.67. The molecular weight excluding hydrogens is 288 g/mol. The number of ether oxygens (including phenoxy) is 1. The number of para-hydroxylation sites is 1. The van der Waals surface area contributed by atoms with Crippen LogP contribution in [0.2, 0.25) is 0 Å². The van der Waals surface area contributed by atoms with Crippen molar-refractivity contribution in [2.24, 2.45) is 5.92 Å². The molecule has 1 aliphatic heterocycles. The van der Waals surface area contributed by atoms with Crippen molar-refractivity contribution in [3.8, 4) is 11.8 Å². The third-order valence-electron chi connectivity index (χ3n) is 5.08. The van der Waals surface area contributed by atoms with Crippen LogP contribution in [-0.2, 0) is 4.79 Å². The van der Waals surface area contributed by atoms with Crippen molar-refractivity contribution < 1.29 is 9.53 Å². The fourth-order valence-corrected chi connectivity index (χ4v) is 3.51. The van der Waals surface area contributed by atoms with Gasteiger partial charge in [0.1, 0.15) is 5.75 Å². The lowest BCUT2D eigenvalue weighted by Crippen LogP contribution is -2.41. The molecule has 1 aromatic rings. The van der Waals surface area contributed by atoms with Gasteiger partial charge in [-0.05, 0) is 49.7 Å². The lowest BCUT2D eigenvalue weighted by molar-refractivity contribution is -0.134. The van der Waals surface area contributed by atoms with Crippen molar-refractivity contribution in [3.63, 3.8) is 0 Å². The highest BCUT2D eigenvalue weighted by molar-refractivity contribution is 5.77. The van der Waals surface area contributed by atoms with Crippen LogP contribution in [0.25, 0.3) is 0 Å². The number of amides is 1. The molecule has 122 valence electrons. The lowest BCUT2D eigenvalue weighted by atomic mass is 9.89. The molecule has 0 radical (unpaired) electrons. The van der Waals surface area contributed by atoms with Gasteiger partial charge in [-0.2, -0.15) is 5.26 Å². The average molecular weight is 312 g/mol. The second-order valence-corrected chi connectivity index (χ2v) is 6.65. The van der Waals surface area contributed by atoms with E-state index in [0.29, 0.717) is 31.9 Å². The maximum atomic E-state index is 12.9. The molecule has 0 unspecified atom stereocenters. The minimum atomic E-state index is 0.182. The molecule has 0 bridgehead atoms. The molecule has 1 heterocycles. The maximum Gasteiger partial charge on any atom is 0.223 e. The molecule has 0 N–H and O–H groups in total. The van der Waals surface area contributed by atoms with E-state index in [1.165, 1.54) is 12.8 Å². The number of nitriles is 1. The molecule has 1 fully saturated rings. The number of rotatable bonds is 6. The van der Waals surface area contributed by atoms with Crippen LogP contribution in [0.5, 0.6) is 5.75 Å². The first kappa shape index (κ1) is 15.9. The Bertz CT molecular complexity index is 604. The van der Waals surface area contributed by atoms with Gasteiger partial charge in [-0.1, -0.05) is 18.2 Å². The molecule has 23 heavy (non-hydrogen) atoms.